The summed E-state index contributed by atoms with van der Waals surface area (Å²) in [6, 6.07) is 5.93. The van der Waals surface area contributed by atoms with Gasteiger partial charge in [-0.1, -0.05) is 19.6 Å². The Bertz CT molecular complexity index is 269. The normalized spacial score (nSPS) is 13.4. The third kappa shape index (κ3) is 1.37. The molecule has 0 fully saturated rings. The minimum absolute atomic E-state index is 0. The second kappa shape index (κ2) is 3.48. The lowest BCUT2D eigenvalue weighted by atomic mass is 10.2. The fraction of sp³-hybridized carbons (Fsp3) is 0.400. The number of rotatable bonds is 0. The van der Waals surface area contributed by atoms with E-state index in [1.807, 2.05) is 25.1 Å². The summed E-state index contributed by atoms with van der Waals surface area (Å²) in [5.74, 6) is 1.77. The predicted octanol–water partition coefficient (Wildman–Crippen LogP) is 2.40. The van der Waals surface area contributed by atoms with Crippen molar-refractivity contribution in [3.05, 3.63) is 23.8 Å². The molecule has 1 aliphatic rings. The average molecular weight is 166 g/mol. The lowest BCUT2D eigenvalue weighted by Crippen LogP contribution is -2.15. The zero-order chi connectivity index (χ0) is 7.68. The van der Waals surface area contributed by atoms with Gasteiger partial charge in [-0.15, -0.1) is 0 Å². The molecule has 0 amide bonds. The van der Waals surface area contributed by atoms with Crippen molar-refractivity contribution < 1.29 is 9.47 Å². The molecular formula is C10H14O2. The first kappa shape index (κ1) is 8.91. The van der Waals surface area contributed by atoms with Crippen molar-refractivity contribution in [1.29, 1.82) is 0 Å². The maximum absolute atomic E-state index is 5.43. The third-order valence-corrected chi connectivity index (χ3v) is 1.76. The molecule has 12 heavy (non-hydrogen) atoms. The number of fused-ring (bicyclic) bond motifs is 1. The highest BCUT2D eigenvalue weighted by Crippen LogP contribution is 2.32. The summed E-state index contributed by atoms with van der Waals surface area (Å²) in [5, 5.41) is 0. The molecule has 0 aliphatic carbocycles. The summed E-state index contributed by atoms with van der Waals surface area (Å²) in [6.45, 7) is 3.35. The summed E-state index contributed by atoms with van der Waals surface area (Å²) < 4.78 is 10.8. The first-order chi connectivity index (χ1) is 5.38. The van der Waals surface area contributed by atoms with Crippen molar-refractivity contribution in [3.63, 3.8) is 0 Å². The molecule has 0 unspecified atom stereocenters. The lowest BCUT2D eigenvalue weighted by Gasteiger charge is -2.19. The van der Waals surface area contributed by atoms with Crippen LogP contribution in [0.1, 0.15) is 13.0 Å². The van der Waals surface area contributed by atoms with E-state index in [1.54, 1.807) is 0 Å². The smallest absolute Gasteiger partial charge is 0.164 e. The molecule has 0 N–H and O–H groups in total. The lowest BCUT2D eigenvalue weighted by molar-refractivity contribution is 0.170. The topological polar surface area (TPSA) is 18.5 Å². The van der Waals surface area contributed by atoms with Gasteiger partial charge in [-0.25, -0.2) is 0 Å². The van der Waals surface area contributed by atoms with Crippen LogP contribution in [0.5, 0.6) is 11.5 Å². The summed E-state index contributed by atoms with van der Waals surface area (Å²) in [7, 11) is 0. The highest BCUT2D eigenvalue weighted by molar-refractivity contribution is 5.46. The molecule has 1 aromatic carbocycles. The molecule has 1 aliphatic heterocycles. The van der Waals surface area contributed by atoms with Gasteiger partial charge in [-0.3, -0.25) is 0 Å². The number of ether oxygens (including phenoxy) is 2. The van der Waals surface area contributed by atoms with E-state index in [9.17, 15) is 0 Å². The Morgan fingerprint density at radius 1 is 1.17 bits per heavy atom. The maximum Gasteiger partial charge on any atom is 0.164 e. The standard InChI is InChI=1S/C9H10O2.CH4/c1-7-3-2-4-8-9(7)11-6-5-10-8;/h2-4H,5-6H2,1H3;1H4. The Kier molecular flexibility index (Phi) is 2.58. The molecule has 0 radical (unpaired) electrons. The van der Waals surface area contributed by atoms with Crippen molar-refractivity contribution >= 4 is 0 Å². The van der Waals surface area contributed by atoms with Crippen LogP contribution in [0.4, 0.5) is 0 Å². The van der Waals surface area contributed by atoms with Crippen molar-refractivity contribution in [3.8, 4) is 11.5 Å². The number of aryl methyl sites for hydroxylation is 1. The van der Waals surface area contributed by atoms with Crippen molar-refractivity contribution in [2.24, 2.45) is 0 Å². The fourth-order valence-corrected chi connectivity index (χ4v) is 1.22. The summed E-state index contributed by atoms with van der Waals surface area (Å²) in [5.41, 5.74) is 1.14. The molecule has 0 saturated heterocycles. The van der Waals surface area contributed by atoms with E-state index in [-0.39, 0.29) is 7.43 Å². The van der Waals surface area contributed by atoms with Crippen molar-refractivity contribution in [1.82, 2.24) is 0 Å². The van der Waals surface area contributed by atoms with Crippen LogP contribution < -0.4 is 9.47 Å². The molecule has 66 valence electrons. The second-order valence-corrected chi connectivity index (χ2v) is 2.60. The van der Waals surface area contributed by atoms with Crippen LogP contribution in [0, 0.1) is 6.92 Å². The molecule has 2 nitrogen and oxygen atoms in total. The number of hydrogen-bond acceptors (Lipinski definition) is 2. The highest BCUT2D eigenvalue weighted by atomic mass is 16.6. The molecular weight excluding hydrogens is 152 g/mol. The van der Waals surface area contributed by atoms with Gasteiger partial charge < -0.3 is 9.47 Å². The Labute approximate surface area is 73.1 Å². The van der Waals surface area contributed by atoms with Gasteiger partial charge >= 0.3 is 0 Å². The minimum Gasteiger partial charge on any atom is -0.486 e. The highest BCUT2D eigenvalue weighted by Gasteiger charge is 2.11. The zero-order valence-corrected chi connectivity index (χ0v) is 6.46. The van der Waals surface area contributed by atoms with Gasteiger partial charge in [0.15, 0.2) is 11.5 Å². The quantitative estimate of drug-likeness (QED) is 0.589. The molecule has 0 spiro atoms. The molecule has 2 heteroatoms. The van der Waals surface area contributed by atoms with Crippen LogP contribution in [0.2, 0.25) is 0 Å². The van der Waals surface area contributed by atoms with Crippen LogP contribution in [0.3, 0.4) is 0 Å². The molecule has 2 rings (SSSR count). The largest absolute Gasteiger partial charge is 0.486 e. The van der Waals surface area contributed by atoms with Crippen LogP contribution >= 0.6 is 0 Å². The number of para-hydroxylation sites is 1. The number of hydrogen-bond donors (Lipinski definition) is 0. The Balaban J connectivity index is 0.000000720. The van der Waals surface area contributed by atoms with Crippen molar-refractivity contribution in [2.75, 3.05) is 13.2 Å². The van der Waals surface area contributed by atoms with Gasteiger partial charge in [0.2, 0.25) is 0 Å². The molecule has 0 aromatic heterocycles. The molecule has 1 heterocycles. The van der Waals surface area contributed by atoms with Crippen LogP contribution in [0.15, 0.2) is 18.2 Å². The van der Waals surface area contributed by atoms with E-state index in [0.29, 0.717) is 13.2 Å². The average Bonchev–Trinajstić information content (AvgIpc) is 2.06. The maximum atomic E-state index is 5.43. The van der Waals surface area contributed by atoms with E-state index < -0.39 is 0 Å². The van der Waals surface area contributed by atoms with Crippen molar-refractivity contribution in [2.45, 2.75) is 14.4 Å². The third-order valence-electron chi connectivity index (χ3n) is 1.76. The molecule has 1 aromatic rings. The molecule has 0 saturated carbocycles. The molecule has 0 bridgehead atoms. The minimum atomic E-state index is 0. The van der Waals surface area contributed by atoms with E-state index in [1.165, 1.54) is 0 Å². The second-order valence-electron chi connectivity index (χ2n) is 2.60. The Morgan fingerprint density at radius 2 is 1.92 bits per heavy atom. The Hall–Kier alpha value is -1.18. The SMILES string of the molecule is C.Cc1cccc2c1OCCO2. The van der Waals surface area contributed by atoms with E-state index in [0.717, 1.165) is 17.1 Å². The van der Waals surface area contributed by atoms with Gasteiger partial charge in [-0.05, 0) is 18.6 Å². The first-order valence-electron chi connectivity index (χ1n) is 3.73. The van der Waals surface area contributed by atoms with E-state index in [4.69, 9.17) is 9.47 Å². The molecule has 0 atom stereocenters. The summed E-state index contributed by atoms with van der Waals surface area (Å²) in [4.78, 5) is 0. The zero-order valence-electron chi connectivity index (χ0n) is 6.46. The van der Waals surface area contributed by atoms with E-state index >= 15 is 0 Å². The summed E-state index contributed by atoms with van der Waals surface area (Å²) in [6.07, 6.45) is 0. The monoisotopic (exact) mass is 166 g/mol. The van der Waals surface area contributed by atoms with Gasteiger partial charge in [0.1, 0.15) is 13.2 Å². The van der Waals surface area contributed by atoms with Gasteiger partial charge in [-0.2, -0.15) is 0 Å². The number of benzene rings is 1. The van der Waals surface area contributed by atoms with Gasteiger partial charge in [0, 0.05) is 0 Å². The van der Waals surface area contributed by atoms with Crippen LogP contribution in [0.25, 0.3) is 0 Å². The van der Waals surface area contributed by atoms with Gasteiger partial charge in [0.05, 0.1) is 0 Å². The Morgan fingerprint density at radius 3 is 2.67 bits per heavy atom. The van der Waals surface area contributed by atoms with Gasteiger partial charge in [0.25, 0.3) is 0 Å². The van der Waals surface area contributed by atoms with Crippen LogP contribution in [-0.4, -0.2) is 13.2 Å². The summed E-state index contributed by atoms with van der Waals surface area (Å²) >= 11 is 0. The van der Waals surface area contributed by atoms with E-state index in [2.05, 4.69) is 0 Å². The first-order valence-corrected chi connectivity index (χ1v) is 3.73. The predicted molar refractivity (Wildman–Crippen MR) is 48.9 cm³/mol. The van der Waals surface area contributed by atoms with Crippen LogP contribution in [-0.2, 0) is 0 Å². The fourth-order valence-electron chi connectivity index (χ4n) is 1.22.